The van der Waals surface area contributed by atoms with E-state index in [1.807, 2.05) is 0 Å². The number of hydrogen-bond donors (Lipinski definition) is 1. The van der Waals surface area contributed by atoms with Crippen LogP contribution in [-0.2, 0) is 11.2 Å². The van der Waals surface area contributed by atoms with Crippen LogP contribution >= 0.6 is 34.8 Å². The summed E-state index contributed by atoms with van der Waals surface area (Å²) in [7, 11) is 0. The van der Waals surface area contributed by atoms with E-state index in [1.165, 1.54) is 12.1 Å². The number of benzene rings is 2. The van der Waals surface area contributed by atoms with E-state index >= 15 is 0 Å². The topological polar surface area (TPSA) is 29.1 Å². The monoisotopic (exact) mass is 343 g/mol. The average Bonchev–Trinajstić information content (AvgIpc) is 2.76. The van der Waals surface area contributed by atoms with Gasteiger partial charge in [-0.15, -0.1) is 11.6 Å². The molecule has 1 N–H and O–H groups in total. The lowest BCUT2D eigenvalue weighted by Gasteiger charge is -2.15. The van der Waals surface area contributed by atoms with Crippen LogP contribution in [0.15, 0.2) is 30.3 Å². The SMILES string of the molecule is O=C1Cc2cc(C(Cl)c3ccc(Cl)cc3F)c(Cl)cc2N1. The van der Waals surface area contributed by atoms with Gasteiger partial charge in [-0.1, -0.05) is 29.3 Å². The van der Waals surface area contributed by atoms with Gasteiger partial charge in [0.1, 0.15) is 5.82 Å². The van der Waals surface area contributed by atoms with Gasteiger partial charge in [-0.05, 0) is 35.4 Å². The van der Waals surface area contributed by atoms with Crippen molar-refractivity contribution in [2.24, 2.45) is 0 Å². The molecule has 0 fully saturated rings. The van der Waals surface area contributed by atoms with Gasteiger partial charge in [-0.2, -0.15) is 0 Å². The van der Waals surface area contributed by atoms with Crippen LogP contribution in [0.25, 0.3) is 0 Å². The van der Waals surface area contributed by atoms with E-state index in [4.69, 9.17) is 34.8 Å². The summed E-state index contributed by atoms with van der Waals surface area (Å²) in [6.07, 6.45) is 0.270. The molecule has 2 aromatic carbocycles. The Hall–Kier alpha value is -1.29. The molecule has 3 rings (SSSR count). The fraction of sp³-hybridized carbons (Fsp3) is 0.133. The summed E-state index contributed by atoms with van der Waals surface area (Å²) in [6, 6.07) is 7.68. The van der Waals surface area contributed by atoms with Gasteiger partial charge in [0.25, 0.3) is 0 Å². The number of rotatable bonds is 2. The molecule has 0 spiro atoms. The molecule has 0 saturated heterocycles. The van der Waals surface area contributed by atoms with Crippen molar-refractivity contribution in [3.05, 3.63) is 62.9 Å². The number of anilines is 1. The molecule has 1 amide bonds. The average molecular weight is 345 g/mol. The smallest absolute Gasteiger partial charge is 0.228 e. The molecule has 108 valence electrons. The first-order chi connectivity index (χ1) is 9.95. The number of amides is 1. The second-order valence-corrected chi connectivity index (χ2v) is 6.06. The van der Waals surface area contributed by atoms with Crippen molar-refractivity contribution in [3.63, 3.8) is 0 Å². The normalized spacial score (nSPS) is 14.8. The number of fused-ring (bicyclic) bond motifs is 1. The summed E-state index contributed by atoms with van der Waals surface area (Å²) in [5.74, 6) is -0.588. The molecule has 1 unspecified atom stereocenters. The van der Waals surface area contributed by atoms with E-state index in [2.05, 4.69) is 5.32 Å². The first-order valence-corrected chi connectivity index (χ1v) is 7.36. The summed E-state index contributed by atoms with van der Waals surface area (Å²) in [6.45, 7) is 0. The van der Waals surface area contributed by atoms with Gasteiger partial charge in [0.2, 0.25) is 5.91 Å². The molecule has 0 aliphatic carbocycles. The van der Waals surface area contributed by atoms with Crippen LogP contribution in [0.5, 0.6) is 0 Å². The molecule has 1 aliphatic heterocycles. The molecule has 0 radical (unpaired) electrons. The zero-order valence-electron chi connectivity index (χ0n) is 10.6. The van der Waals surface area contributed by atoms with E-state index < -0.39 is 11.2 Å². The second-order valence-electron chi connectivity index (χ2n) is 4.78. The molecular weight excluding hydrogens is 336 g/mol. The highest BCUT2D eigenvalue weighted by molar-refractivity contribution is 6.33. The zero-order chi connectivity index (χ0) is 15.1. The number of hydrogen-bond acceptors (Lipinski definition) is 1. The van der Waals surface area contributed by atoms with Gasteiger partial charge in [-0.3, -0.25) is 4.79 Å². The Bertz CT molecular complexity index is 748. The van der Waals surface area contributed by atoms with Crippen LogP contribution in [0.3, 0.4) is 0 Å². The second kappa shape index (κ2) is 5.48. The Kier molecular flexibility index (Phi) is 3.82. The van der Waals surface area contributed by atoms with Gasteiger partial charge < -0.3 is 5.32 Å². The summed E-state index contributed by atoms with van der Waals surface area (Å²) < 4.78 is 14.0. The third kappa shape index (κ3) is 2.73. The van der Waals surface area contributed by atoms with Gasteiger partial charge in [0.15, 0.2) is 0 Å². The van der Waals surface area contributed by atoms with E-state index in [0.29, 0.717) is 26.9 Å². The van der Waals surface area contributed by atoms with Crippen LogP contribution in [0.1, 0.15) is 22.1 Å². The van der Waals surface area contributed by atoms with Gasteiger partial charge in [-0.25, -0.2) is 4.39 Å². The summed E-state index contributed by atoms with van der Waals surface area (Å²) >= 11 is 18.3. The number of nitrogens with one attached hydrogen (secondary N) is 1. The molecule has 2 nitrogen and oxygen atoms in total. The largest absolute Gasteiger partial charge is 0.325 e. The molecule has 0 aromatic heterocycles. The van der Waals surface area contributed by atoms with Crippen molar-refractivity contribution < 1.29 is 9.18 Å². The summed E-state index contributed by atoms with van der Waals surface area (Å²) in [5.41, 5.74) is 2.34. The first-order valence-electron chi connectivity index (χ1n) is 6.17. The van der Waals surface area contributed by atoms with Gasteiger partial charge in [0, 0.05) is 21.3 Å². The highest BCUT2D eigenvalue weighted by Gasteiger charge is 2.24. The fourth-order valence-electron chi connectivity index (χ4n) is 2.34. The quantitative estimate of drug-likeness (QED) is 0.767. The highest BCUT2D eigenvalue weighted by atomic mass is 35.5. The van der Waals surface area contributed by atoms with Crippen molar-refractivity contribution in [1.82, 2.24) is 0 Å². The highest BCUT2D eigenvalue weighted by Crippen LogP contribution is 2.39. The van der Waals surface area contributed by atoms with E-state index in [1.54, 1.807) is 18.2 Å². The van der Waals surface area contributed by atoms with E-state index in [-0.39, 0.29) is 12.3 Å². The zero-order valence-corrected chi connectivity index (χ0v) is 12.9. The molecule has 6 heteroatoms. The Balaban J connectivity index is 2.04. The molecule has 1 heterocycles. The number of carbonyl (C=O) groups is 1. The minimum absolute atomic E-state index is 0.0954. The molecule has 0 saturated carbocycles. The maximum Gasteiger partial charge on any atom is 0.228 e. The van der Waals surface area contributed by atoms with E-state index in [9.17, 15) is 9.18 Å². The first kappa shape index (κ1) is 14.6. The lowest BCUT2D eigenvalue weighted by Crippen LogP contribution is -2.03. The Labute approximate surface area is 135 Å². The van der Waals surface area contributed by atoms with Crippen molar-refractivity contribution in [1.29, 1.82) is 0 Å². The van der Waals surface area contributed by atoms with Crippen LogP contribution in [0.2, 0.25) is 10.0 Å². The molecule has 0 bridgehead atoms. The Morgan fingerprint density at radius 1 is 1.14 bits per heavy atom. The Morgan fingerprint density at radius 3 is 2.62 bits per heavy atom. The van der Waals surface area contributed by atoms with Crippen LogP contribution in [0, 0.1) is 5.82 Å². The molecule has 21 heavy (non-hydrogen) atoms. The van der Waals surface area contributed by atoms with Crippen molar-refractivity contribution in [2.75, 3.05) is 5.32 Å². The minimum Gasteiger partial charge on any atom is -0.325 e. The number of halogens is 4. The van der Waals surface area contributed by atoms with Crippen LogP contribution < -0.4 is 5.32 Å². The number of carbonyl (C=O) groups excluding carboxylic acids is 1. The third-order valence-electron chi connectivity index (χ3n) is 3.36. The Morgan fingerprint density at radius 2 is 1.90 bits per heavy atom. The summed E-state index contributed by atoms with van der Waals surface area (Å²) in [4.78, 5) is 11.4. The maximum atomic E-state index is 14.0. The fourth-order valence-corrected chi connectivity index (χ4v) is 3.18. The van der Waals surface area contributed by atoms with Crippen molar-refractivity contribution in [2.45, 2.75) is 11.8 Å². The minimum atomic E-state index is -0.754. The van der Waals surface area contributed by atoms with Gasteiger partial charge in [0.05, 0.1) is 11.8 Å². The lowest BCUT2D eigenvalue weighted by molar-refractivity contribution is -0.115. The number of alkyl halides is 1. The predicted octanol–water partition coefficient (Wildman–Crippen LogP) is 4.96. The molecule has 2 aromatic rings. The van der Waals surface area contributed by atoms with Crippen molar-refractivity contribution in [3.8, 4) is 0 Å². The predicted molar refractivity (Wildman–Crippen MR) is 82.9 cm³/mol. The maximum absolute atomic E-state index is 14.0. The lowest BCUT2D eigenvalue weighted by atomic mass is 10.0. The van der Waals surface area contributed by atoms with Gasteiger partial charge >= 0.3 is 0 Å². The van der Waals surface area contributed by atoms with Crippen molar-refractivity contribution >= 4 is 46.4 Å². The van der Waals surface area contributed by atoms with Crippen LogP contribution in [-0.4, -0.2) is 5.91 Å². The molecule has 1 aliphatic rings. The summed E-state index contributed by atoms with van der Waals surface area (Å²) in [5, 5.41) is 2.63. The van der Waals surface area contributed by atoms with Crippen LogP contribution in [0.4, 0.5) is 10.1 Å². The standard InChI is InChI=1S/C15H9Cl3FNO/c16-8-1-2-9(12(19)5-8)15(18)10-3-7-4-14(21)20-13(7)6-11(10)17/h1-3,5-6,15H,4H2,(H,20,21). The van der Waals surface area contributed by atoms with E-state index in [0.717, 1.165) is 5.56 Å². The third-order valence-corrected chi connectivity index (χ3v) is 4.39. The molecule has 1 atom stereocenters. The molecular formula is C15H9Cl3FNO.